The third-order valence-corrected chi connectivity index (χ3v) is 6.97. The first-order valence-electron chi connectivity index (χ1n) is 13.7. The normalized spacial score (nSPS) is 15.4. The second-order valence-electron chi connectivity index (χ2n) is 10.3. The lowest BCUT2D eigenvalue weighted by atomic mass is 9.96. The van der Waals surface area contributed by atoms with Crippen molar-refractivity contribution < 1.29 is 48.0 Å². The Labute approximate surface area is 255 Å². The quantitative estimate of drug-likeness (QED) is 0.301. The molecule has 0 saturated carbocycles. The Morgan fingerprint density at radius 3 is 2.07 bits per heavy atom. The van der Waals surface area contributed by atoms with Crippen molar-refractivity contribution in [2.75, 3.05) is 41.6 Å². The fourth-order valence-corrected chi connectivity index (χ4v) is 4.92. The van der Waals surface area contributed by atoms with Gasteiger partial charge in [-0.2, -0.15) is 0 Å². The van der Waals surface area contributed by atoms with Crippen molar-refractivity contribution in [2.24, 2.45) is 5.92 Å². The minimum Gasteiger partial charge on any atom is -0.493 e. The summed E-state index contributed by atoms with van der Waals surface area (Å²) in [6.07, 6.45) is 1.38. The number of carbonyl (C=O) groups is 5. The highest BCUT2D eigenvalue weighted by Crippen LogP contribution is 2.41. The molecule has 3 rings (SSSR count). The zero-order valence-corrected chi connectivity index (χ0v) is 25.5. The molecular weight excluding hydrogens is 574 g/mol. The van der Waals surface area contributed by atoms with Crippen molar-refractivity contribution in [1.82, 2.24) is 15.1 Å². The number of ether oxygens (including phenoxy) is 4. The first-order valence-corrected chi connectivity index (χ1v) is 13.7. The van der Waals surface area contributed by atoms with E-state index in [0.29, 0.717) is 11.1 Å². The van der Waals surface area contributed by atoms with Gasteiger partial charge in [0, 0.05) is 25.3 Å². The molecule has 236 valence electrons. The zero-order valence-electron chi connectivity index (χ0n) is 25.5. The number of carboxylic acids is 1. The summed E-state index contributed by atoms with van der Waals surface area (Å²) in [6.45, 7) is 2.63. The molecular formula is C31H37N3O10. The van der Waals surface area contributed by atoms with Gasteiger partial charge in [-0.1, -0.05) is 44.2 Å². The number of benzene rings is 2. The van der Waals surface area contributed by atoms with Crippen LogP contribution < -0.4 is 19.5 Å². The van der Waals surface area contributed by atoms with Crippen LogP contribution in [0.25, 0.3) is 5.70 Å². The van der Waals surface area contributed by atoms with Crippen LogP contribution in [0, 0.1) is 5.92 Å². The van der Waals surface area contributed by atoms with E-state index in [1.807, 2.05) is 0 Å². The fraction of sp³-hybridized carbons (Fsp3) is 0.387. The fourth-order valence-electron chi connectivity index (χ4n) is 4.92. The van der Waals surface area contributed by atoms with Crippen molar-refractivity contribution in [2.45, 2.75) is 32.4 Å². The number of carbonyl (C=O) groups excluding carboxylic acids is 4. The average molecular weight is 612 g/mol. The maximum Gasteiger partial charge on any atom is 0.374 e. The number of amides is 3. The van der Waals surface area contributed by atoms with Crippen LogP contribution in [0.4, 0.5) is 0 Å². The monoisotopic (exact) mass is 611 g/mol. The van der Waals surface area contributed by atoms with Crippen LogP contribution in [0.3, 0.4) is 0 Å². The van der Waals surface area contributed by atoms with Crippen LogP contribution in [-0.2, 0) is 35.1 Å². The molecule has 1 aliphatic heterocycles. The molecule has 2 N–H and O–H groups in total. The number of rotatable bonds is 14. The van der Waals surface area contributed by atoms with E-state index in [9.17, 15) is 29.1 Å². The lowest BCUT2D eigenvalue weighted by Crippen LogP contribution is -2.57. The minimum absolute atomic E-state index is 0.0743. The molecule has 3 amide bonds. The molecule has 0 saturated heterocycles. The van der Waals surface area contributed by atoms with Gasteiger partial charge >= 0.3 is 5.97 Å². The number of carboxylic acid groups (broad SMARTS) is 1. The largest absolute Gasteiger partial charge is 0.493 e. The number of nitrogens with zero attached hydrogens (tertiary/aromatic N) is 2. The van der Waals surface area contributed by atoms with Crippen molar-refractivity contribution >= 4 is 35.2 Å². The molecule has 2 aromatic carbocycles. The number of aliphatic carboxylic acids is 1. The van der Waals surface area contributed by atoms with Crippen LogP contribution in [0.15, 0.2) is 48.7 Å². The van der Waals surface area contributed by atoms with Gasteiger partial charge < -0.3 is 34.3 Å². The second kappa shape index (κ2) is 15.0. The second-order valence-corrected chi connectivity index (χ2v) is 10.3. The Morgan fingerprint density at radius 1 is 0.955 bits per heavy atom. The standard InChI is InChI=1S/C31H37N3O10/c1-18(2)27-30(38)33(16-25(35)32-21(28(37)31(39)40)12-19-10-8-7-9-11-19)22(15-34(27)26(36)17-41-3)20-13-23(42-4)29(44-6)24(14-20)43-5/h7-11,13-15,18,21,27H,12,16-17H2,1-6H3,(H,32,35)(H,39,40)/t21-,27-/m0/s1. The first-order chi connectivity index (χ1) is 21.0. The lowest BCUT2D eigenvalue weighted by molar-refractivity contribution is -0.150. The van der Waals surface area contributed by atoms with Crippen LogP contribution in [0.5, 0.6) is 17.2 Å². The van der Waals surface area contributed by atoms with Crippen molar-refractivity contribution in [1.29, 1.82) is 0 Å². The number of nitrogens with one attached hydrogen (secondary N) is 1. The van der Waals surface area contributed by atoms with Crippen LogP contribution in [0.2, 0.25) is 0 Å². The number of methoxy groups -OCH3 is 4. The van der Waals surface area contributed by atoms with Gasteiger partial charge in [0.05, 0.1) is 27.0 Å². The van der Waals surface area contributed by atoms with E-state index in [-0.39, 0.29) is 41.9 Å². The van der Waals surface area contributed by atoms with Crippen molar-refractivity contribution in [3.8, 4) is 17.2 Å². The summed E-state index contributed by atoms with van der Waals surface area (Å²) in [5, 5.41) is 11.9. The zero-order chi connectivity index (χ0) is 32.6. The molecule has 1 aliphatic rings. The van der Waals surface area contributed by atoms with E-state index < -0.39 is 48.1 Å². The minimum atomic E-state index is -1.70. The third kappa shape index (κ3) is 7.53. The van der Waals surface area contributed by atoms with Crippen molar-refractivity contribution in [3.05, 3.63) is 59.8 Å². The molecule has 13 heteroatoms. The highest BCUT2D eigenvalue weighted by molar-refractivity contribution is 6.35. The molecule has 44 heavy (non-hydrogen) atoms. The Balaban J connectivity index is 2.10. The Hall–Kier alpha value is -4.91. The summed E-state index contributed by atoms with van der Waals surface area (Å²) in [7, 11) is 5.63. The predicted molar refractivity (Wildman–Crippen MR) is 158 cm³/mol. The number of hydrogen-bond donors (Lipinski definition) is 2. The van der Waals surface area contributed by atoms with E-state index in [1.54, 1.807) is 56.3 Å². The van der Waals surface area contributed by atoms with E-state index in [0.717, 1.165) is 0 Å². The van der Waals surface area contributed by atoms with Gasteiger partial charge in [-0.3, -0.25) is 24.1 Å². The molecule has 2 atom stereocenters. The SMILES string of the molecule is COCC(=O)N1C=C(c2cc(OC)c(OC)c(OC)c2)N(CC(=O)N[C@@H](Cc2ccccc2)C(=O)C(=O)O)C(=O)[C@@H]1C(C)C. The van der Waals surface area contributed by atoms with Gasteiger partial charge in [0.1, 0.15) is 25.2 Å². The molecule has 0 radical (unpaired) electrons. The Kier molecular flexibility index (Phi) is 11.5. The maximum atomic E-state index is 14.1. The summed E-state index contributed by atoms with van der Waals surface area (Å²) in [5.74, 6) is -4.31. The highest BCUT2D eigenvalue weighted by atomic mass is 16.5. The molecule has 0 bridgehead atoms. The number of ketones is 1. The molecule has 2 aromatic rings. The molecule has 1 heterocycles. The summed E-state index contributed by atoms with van der Waals surface area (Å²) < 4.78 is 21.4. The Morgan fingerprint density at radius 2 is 1.57 bits per heavy atom. The van der Waals surface area contributed by atoms with E-state index >= 15 is 0 Å². The molecule has 0 unspecified atom stereocenters. The Bertz CT molecular complexity index is 1400. The smallest absolute Gasteiger partial charge is 0.374 e. The molecule has 0 aliphatic carbocycles. The van der Waals surface area contributed by atoms with Gasteiger partial charge in [0.25, 0.3) is 17.6 Å². The van der Waals surface area contributed by atoms with E-state index in [2.05, 4.69) is 5.32 Å². The summed E-state index contributed by atoms with van der Waals surface area (Å²) in [6, 6.07) is 9.36. The summed E-state index contributed by atoms with van der Waals surface area (Å²) in [4.78, 5) is 67.2. The summed E-state index contributed by atoms with van der Waals surface area (Å²) in [5.41, 5.74) is 1.13. The first kappa shape index (κ1) is 33.6. The third-order valence-electron chi connectivity index (χ3n) is 6.97. The van der Waals surface area contributed by atoms with E-state index in [4.69, 9.17) is 18.9 Å². The summed E-state index contributed by atoms with van der Waals surface area (Å²) >= 11 is 0. The van der Waals surface area contributed by atoms with Gasteiger partial charge in [0.2, 0.25) is 11.7 Å². The van der Waals surface area contributed by atoms with Gasteiger partial charge in [-0.15, -0.1) is 0 Å². The highest BCUT2D eigenvalue weighted by Gasteiger charge is 2.41. The van der Waals surface area contributed by atoms with Crippen molar-refractivity contribution in [3.63, 3.8) is 0 Å². The van der Waals surface area contributed by atoms with Crippen LogP contribution in [-0.4, -0.2) is 98.1 Å². The van der Waals surface area contributed by atoms with Gasteiger partial charge in [-0.05, 0) is 23.6 Å². The maximum absolute atomic E-state index is 14.1. The van der Waals surface area contributed by atoms with Gasteiger partial charge in [-0.25, -0.2) is 4.79 Å². The average Bonchev–Trinajstić information content (AvgIpc) is 3.00. The lowest BCUT2D eigenvalue weighted by Gasteiger charge is -2.41. The van der Waals surface area contributed by atoms with E-state index in [1.165, 1.54) is 44.4 Å². The van der Waals surface area contributed by atoms with Gasteiger partial charge in [0.15, 0.2) is 11.5 Å². The van der Waals surface area contributed by atoms with Crippen LogP contribution >= 0.6 is 0 Å². The topological polar surface area (TPSA) is 161 Å². The predicted octanol–water partition coefficient (Wildman–Crippen LogP) is 1.73. The number of hydrogen-bond acceptors (Lipinski definition) is 9. The molecule has 0 aromatic heterocycles. The molecule has 0 fully saturated rings. The molecule has 13 nitrogen and oxygen atoms in total. The molecule has 0 spiro atoms. The van der Waals surface area contributed by atoms with Crippen LogP contribution in [0.1, 0.15) is 25.0 Å². The number of Topliss-reactive ketones (excluding diaryl/α,β-unsaturated/α-hetero) is 1.